The molecule has 25 heavy (non-hydrogen) atoms. The third kappa shape index (κ3) is 3.25. The van der Waals surface area contributed by atoms with Crippen LogP contribution < -0.4 is 0 Å². The minimum absolute atomic E-state index is 0.0892. The van der Waals surface area contributed by atoms with Gasteiger partial charge in [0.2, 0.25) is 0 Å². The second kappa shape index (κ2) is 6.64. The first kappa shape index (κ1) is 15.8. The number of H-pyrrole nitrogens is 1. The summed E-state index contributed by atoms with van der Waals surface area (Å²) in [7, 11) is 0. The molecule has 3 nitrogen and oxygen atoms in total. The van der Waals surface area contributed by atoms with E-state index in [2.05, 4.69) is 15.0 Å². The molecule has 4 aromatic rings. The molecule has 0 aliphatic rings. The number of imidazole rings is 1. The monoisotopic (exact) mass is 353 g/mol. The van der Waals surface area contributed by atoms with E-state index in [4.69, 9.17) is 0 Å². The Labute approximate surface area is 147 Å². The van der Waals surface area contributed by atoms with Crippen LogP contribution in [0.2, 0.25) is 0 Å². The zero-order valence-corrected chi connectivity index (χ0v) is 13.9. The molecule has 0 fully saturated rings. The summed E-state index contributed by atoms with van der Waals surface area (Å²) < 4.78 is 27.4. The number of benzene rings is 2. The molecule has 2 aromatic heterocycles. The van der Waals surface area contributed by atoms with Crippen molar-refractivity contribution in [3.8, 4) is 11.5 Å². The quantitative estimate of drug-likeness (QED) is 0.513. The smallest absolute Gasteiger partial charge is 0.157 e. The first-order chi connectivity index (χ1) is 12.2. The lowest BCUT2D eigenvalue weighted by molar-refractivity contribution is 0.566. The Hall–Kier alpha value is -2.73. The average molecular weight is 353 g/mol. The van der Waals surface area contributed by atoms with Gasteiger partial charge in [-0.25, -0.2) is 13.8 Å². The van der Waals surface area contributed by atoms with Crippen molar-refractivity contribution in [2.24, 2.45) is 0 Å². The van der Waals surface area contributed by atoms with Gasteiger partial charge in [-0.1, -0.05) is 12.1 Å². The first-order valence-electron chi connectivity index (χ1n) is 7.67. The predicted molar refractivity (Wildman–Crippen MR) is 95.2 cm³/mol. The Morgan fingerprint density at radius 1 is 0.960 bits per heavy atom. The molecule has 0 unspecified atom stereocenters. The summed E-state index contributed by atoms with van der Waals surface area (Å²) in [6.45, 7) is 0. The van der Waals surface area contributed by atoms with Crippen LogP contribution in [0, 0.1) is 11.6 Å². The number of pyridine rings is 1. The maximum atomic E-state index is 13.7. The van der Waals surface area contributed by atoms with E-state index >= 15 is 0 Å². The molecule has 2 aromatic carbocycles. The summed E-state index contributed by atoms with van der Waals surface area (Å²) in [5.74, 6) is -0.122. The SMILES string of the molecule is Fc1cccc(F)c1CSc1ccc2nc(-c3ccccn3)[nH]c2c1. The van der Waals surface area contributed by atoms with Crippen molar-refractivity contribution in [1.82, 2.24) is 15.0 Å². The molecule has 0 spiro atoms. The number of fused-ring (bicyclic) bond motifs is 1. The summed E-state index contributed by atoms with van der Waals surface area (Å²) in [4.78, 5) is 12.9. The topological polar surface area (TPSA) is 41.6 Å². The Kier molecular flexibility index (Phi) is 4.19. The zero-order chi connectivity index (χ0) is 17.2. The van der Waals surface area contributed by atoms with Crippen LogP contribution in [0.1, 0.15) is 5.56 Å². The molecule has 0 aliphatic carbocycles. The highest BCUT2D eigenvalue weighted by Gasteiger charge is 2.10. The van der Waals surface area contributed by atoms with Gasteiger partial charge in [0.25, 0.3) is 0 Å². The lowest BCUT2D eigenvalue weighted by atomic mass is 10.2. The third-order valence-corrected chi connectivity index (χ3v) is 4.83. The molecule has 0 atom stereocenters. The van der Waals surface area contributed by atoms with Crippen LogP contribution in [0.5, 0.6) is 0 Å². The van der Waals surface area contributed by atoms with Crippen molar-refractivity contribution in [1.29, 1.82) is 0 Å². The maximum absolute atomic E-state index is 13.7. The lowest BCUT2D eigenvalue weighted by Gasteiger charge is -2.05. The number of hydrogen-bond acceptors (Lipinski definition) is 3. The molecule has 124 valence electrons. The molecule has 2 heterocycles. The van der Waals surface area contributed by atoms with Gasteiger partial charge in [0.15, 0.2) is 5.82 Å². The standard InChI is InChI=1S/C19H13F2N3S/c20-14-4-3-5-15(21)13(14)11-25-12-7-8-16-18(10-12)24-19(23-16)17-6-1-2-9-22-17/h1-10H,11H2,(H,23,24). The minimum atomic E-state index is -0.521. The fourth-order valence-corrected chi connectivity index (χ4v) is 3.48. The highest BCUT2D eigenvalue weighted by molar-refractivity contribution is 7.98. The fraction of sp³-hybridized carbons (Fsp3) is 0.0526. The number of hydrogen-bond donors (Lipinski definition) is 1. The predicted octanol–water partition coefficient (Wildman–Crippen LogP) is 5.20. The molecule has 0 amide bonds. The zero-order valence-electron chi connectivity index (χ0n) is 13.0. The van der Waals surface area contributed by atoms with E-state index in [-0.39, 0.29) is 11.3 Å². The Morgan fingerprint density at radius 2 is 1.80 bits per heavy atom. The highest BCUT2D eigenvalue weighted by Crippen LogP contribution is 2.28. The van der Waals surface area contributed by atoms with Gasteiger partial charge < -0.3 is 4.98 Å². The summed E-state index contributed by atoms with van der Waals surface area (Å²) in [5, 5.41) is 0. The van der Waals surface area contributed by atoms with Gasteiger partial charge >= 0.3 is 0 Å². The molecule has 0 radical (unpaired) electrons. The molecule has 1 N–H and O–H groups in total. The second-order valence-electron chi connectivity index (χ2n) is 5.47. The van der Waals surface area contributed by atoms with E-state index in [1.807, 2.05) is 36.4 Å². The molecule has 0 bridgehead atoms. The third-order valence-electron chi connectivity index (χ3n) is 3.81. The van der Waals surface area contributed by atoms with Crippen LogP contribution in [0.3, 0.4) is 0 Å². The van der Waals surface area contributed by atoms with Crippen molar-refractivity contribution in [3.05, 3.63) is 78.0 Å². The molecule has 0 saturated carbocycles. The number of nitrogens with one attached hydrogen (secondary N) is 1. The van der Waals surface area contributed by atoms with Gasteiger partial charge in [0, 0.05) is 22.4 Å². The van der Waals surface area contributed by atoms with Gasteiger partial charge in [0.1, 0.15) is 17.3 Å². The van der Waals surface area contributed by atoms with E-state index in [9.17, 15) is 8.78 Å². The summed E-state index contributed by atoms with van der Waals surface area (Å²) >= 11 is 1.38. The van der Waals surface area contributed by atoms with Crippen molar-refractivity contribution in [2.45, 2.75) is 10.6 Å². The van der Waals surface area contributed by atoms with Crippen molar-refractivity contribution in [2.75, 3.05) is 0 Å². The normalized spacial score (nSPS) is 11.1. The Morgan fingerprint density at radius 3 is 2.56 bits per heavy atom. The maximum Gasteiger partial charge on any atom is 0.157 e. The number of aromatic amines is 1. The molecule has 6 heteroatoms. The van der Waals surface area contributed by atoms with Gasteiger partial charge in [-0.05, 0) is 42.5 Å². The first-order valence-corrected chi connectivity index (χ1v) is 8.66. The van der Waals surface area contributed by atoms with Crippen LogP contribution in [-0.4, -0.2) is 15.0 Å². The number of nitrogens with zero attached hydrogens (tertiary/aromatic N) is 2. The molecule has 0 aliphatic heterocycles. The van der Waals surface area contributed by atoms with Crippen LogP contribution in [0.15, 0.2) is 65.7 Å². The Balaban J connectivity index is 1.59. The van der Waals surface area contributed by atoms with Crippen LogP contribution >= 0.6 is 11.8 Å². The van der Waals surface area contributed by atoms with Gasteiger partial charge in [-0.3, -0.25) is 4.98 Å². The van der Waals surface area contributed by atoms with E-state index < -0.39 is 11.6 Å². The van der Waals surface area contributed by atoms with Crippen LogP contribution in [0.25, 0.3) is 22.6 Å². The lowest BCUT2D eigenvalue weighted by Crippen LogP contribution is -1.92. The van der Waals surface area contributed by atoms with E-state index in [1.165, 1.54) is 30.0 Å². The summed E-state index contributed by atoms with van der Waals surface area (Å²) in [6.07, 6.45) is 1.72. The second-order valence-corrected chi connectivity index (χ2v) is 6.52. The summed E-state index contributed by atoms with van der Waals surface area (Å²) in [5.41, 5.74) is 2.54. The number of thioether (sulfide) groups is 1. The molecule has 4 rings (SSSR count). The van der Waals surface area contributed by atoms with Gasteiger partial charge in [0.05, 0.1) is 11.0 Å². The number of aromatic nitrogens is 3. The molecular formula is C19H13F2N3S. The van der Waals surface area contributed by atoms with Crippen molar-refractivity contribution < 1.29 is 8.78 Å². The van der Waals surface area contributed by atoms with E-state index in [0.29, 0.717) is 5.82 Å². The molecule has 0 saturated heterocycles. The van der Waals surface area contributed by atoms with Crippen LogP contribution in [-0.2, 0) is 5.75 Å². The largest absolute Gasteiger partial charge is 0.337 e. The van der Waals surface area contributed by atoms with Crippen molar-refractivity contribution in [3.63, 3.8) is 0 Å². The highest BCUT2D eigenvalue weighted by atomic mass is 32.2. The number of rotatable bonds is 4. The van der Waals surface area contributed by atoms with E-state index in [0.717, 1.165) is 21.6 Å². The number of halogens is 2. The average Bonchev–Trinajstić information content (AvgIpc) is 3.05. The van der Waals surface area contributed by atoms with Crippen molar-refractivity contribution >= 4 is 22.8 Å². The summed E-state index contributed by atoms with van der Waals surface area (Å²) in [6, 6.07) is 15.3. The van der Waals surface area contributed by atoms with Gasteiger partial charge in [-0.2, -0.15) is 0 Å². The van der Waals surface area contributed by atoms with Gasteiger partial charge in [-0.15, -0.1) is 11.8 Å². The van der Waals surface area contributed by atoms with Crippen LogP contribution in [0.4, 0.5) is 8.78 Å². The minimum Gasteiger partial charge on any atom is -0.337 e. The fourth-order valence-electron chi connectivity index (χ4n) is 2.53. The van der Waals surface area contributed by atoms with E-state index in [1.54, 1.807) is 6.20 Å². The molecular weight excluding hydrogens is 340 g/mol. The Bertz CT molecular complexity index is 1010.